The molecule has 0 spiro atoms. The van der Waals surface area contributed by atoms with E-state index < -0.39 is 0 Å². The van der Waals surface area contributed by atoms with Gasteiger partial charge in [-0.3, -0.25) is 0 Å². The quantitative estimate of drug-likeness (QED) is 0.690. The Morgan fingerprint density at radius 3 is 3.07 bits per heavy atom. The molecule has 1 aromatic rings. The fourth-order valence-corrected chi connectivity index (χ4v) is 1.90. The third kappa shape index (κ3) is 1.25. The van der Waals surface area contributed by atoms with Gasteiger partial charge in [-0.05, 0) is 17.7 Å². The van der Waals surface area contributed by atoms with Gasteiger partial charge in [0.2, 0.25) is 0 Å². The number of benzene rings is 1. The summed E-state index contributed by atoms with van der Waals surface area (Å²) in [4.78, 5) is 11.5. The number of esters is 1. The van der Waals surface area contributed by atoms with Crippen LogP contribution >= 0.6 is 0 Å². The van der Waals surface area contributed by atoms with E-state index in [1.54, 1.807) is 0 Å². The Kier molecular flexibility index (Phi) is 2.15. The number of ether oxygens (including phenoxy) is 1. The van der Waals surface area contributed by atoms with Gasteiger partial charge in [-0.1, -0.05) is 13.0 Å². The number of carbonyl (C=O) groups is 1. The van der Waals surface area contributed by atoms with Crippen LogP contribution in [0.1, 0.15) is 28.8 Å². The number of methoxy groups -OCH3 is 1. The predicted molar refractivity (Wildman–Crippen MR) is 54.7 cm³/mol. The molecule has 1 aliphatic heterocycles. The third-order valence-corrected chi connectivity index (χ3v) is 2.60. The van der Waals surface area contributed by atoms with Crippen LogP contribution in [0.3, 0.4) is 0 Å². The van der Waals surface area contributed by atoms with Crippen molar-refractivity contribution in [3.8, 4) is 0 Å². The molecule has 0 saturated heterocycles. The van der Waals surface area contributed by atoms with Crippen LogP contribution in [-0.2, 0) is 4.74 Å². The lowest BCUT2D eigenvalue weighted by Crippen LogP contribution is -2.06. The van der Waals surface area contributed by atoms with Crippen molar-refractivity contribution in [1.29, 1.82) is 0 Å². The van der Waals surface area contributed by atoms with Gasteiger partial charge in [0.05, 0.1) is 12.7 Å². The molecule has 3 heteroatoms. The molecule has 0 radical (unpaired) electrons. The van der Waals surface area contributed by atoms with Crippen molar-refractivity contribution in [2.24, 2.45) is 0 Å². The summed E-state index contributed by atoms with van der Waals surface area (Å²) in [5, 5.41) is 3.26. The molecule has 74 valence electrons. The Labute approximate surface area is 83.1 Å². The van der Waals surface area contributed by atoms with Gasteiger partial charge in [-0.2, -0.15) is 0 Å². The normalized spacial score (nSPS) is 18.6. The molecule has 1 atom stereocenters. The van der Waals surface area contributed by atoms with Crippen molar-refractivity contribution >= 4 is 11.7 Å². The number of anilines is 1. The first-order chi connectivity index (χ1) is 6.74. The van der Waals surface area contributed by atoms with Gasteiger partial charge in [0.25, 0.3) is 0 Å². The molecule has 1 N–H and O–H groups in total. The number of hydrogen-bond acceptors (Lipinski definition) is 3. The number of hydrogen-bond donors (Lipinski definition) is 1. The van der Waals surface area contributed by atoms with Crippen molar-refractivity contribution in [2.75, 3.05) is 19.0 Å². The van der Waals surface area contributed by atoms with Crippen LogP contribution in [0.5, 0.6) is 0 Å². The Balaban J connectivity index is 2.52. The van der Waals surface area contributed by atoms with Gasteiger partial charge in [-0.15, -0.1) is 0 Å². The van der Waals surface area contributed by atoms with E-state index in [9.17, 15) is 4.79 Å². The van der Waals surface area contributed by atoms with Crippen LogP contribution in [0.15, 0.2) is 18.2 Å². The van der Waals surface area contributed by atoms with Crippen molar-refractivity contribution in [3.05, 3.63) is 29.3 Å². The Morgan fingerprint density at radius 2 is 2.36 bits per heavy atom. The summed E-state index contributed by atoms with van der Waals surface area (Å²) >= 11 is 0. The van der Waals surface area contributed by atoms with E-state index in [4.69, 9.17) is 4.74 Å². The van der Waals surface area contributed by atoms with Gasteiger partial charge in [0.15, 0.2) is 0 Å². The Morgan fingerprint density at radius 1 is 1.57 bits per heavy atom. The molecule has 0 amide bonds. The zero-order valence-corrected chi connectivity index (χ0v) is 8.33. The molecule has 0 aliphatic carbocycles. The smallest absolute Gasteiger partial charge is 0.338 e. The molecule has 0 saturated carbocycles. The Hall–Kier alpha value is -1.51. The highest BCUT2D eigenvalue weighted by atomic mass is 16.5. The second-order valence-corrected chi connectivity index (χ2v) is 3.54. The first-order valence-electron chi connectivity index (χ1n) is 4.69. The van der Waals surface area contributed by atoms with Gasteiger partial charge in [-0.25, -0.2) is 4.79 Å². The van der Waals surface area contributed by atoms with Crippen LogP contribution in [0.4, 0.5) is 5.69 Å². The predicted octanol–water partition coefficient (Wildman–Crippen LogP) is 2.00. The molecule has 0 aromatic heterocycles. The zero-order valence-electron chi connectivity index (χ0n) is 8.33. The van der Waals surface area contributed by atoms with E-state index in [-0.39, 0.29) is 5.97 Å². The minimum absolute atomic E-state index is 0.252. The molecule has 0 bridgehead atoms. The molecule has 2 rings (SSSR count). The van der Waals surface area contributed by atoms with Gasteiger partial charge in [0.1, 0.15) is 0 Å². The van der Waals surface area contributed by atoms with Crippen LogP contribution in [0.2, 0.25) is 0 Å². The SMILES string of the molecule is COC(=O)c1cccc2c1[C@@H](C)CN2. The average Bonchev–Trinajstić information content (AvgIpc) is 2.59. The average molecular weight is 191 g/mol. The monoisotopic (exact) mass is 191 g/mol. The molecular formula is C11H13NO2. The van der Waals surface area contributed by atoms with E-state index in [2.05, 4.69) is 12.2 Å². The molecular weight excluding hydrogens is 178 g/mol. The number of fused-ring (bicyclic) bond motifs is 1. The maximum Gasteiger partial charge on any atom is 0.338 e. The summed E-state index contributed by atoms with van der Waals surface area (Å²) in [6.07, 6.45) is 0. The van der Waals surface area contributed by atoms with Crippen LogP contribution in [-0.4, -0.2) is 19.6 Å². The molecule has 14 heavy (non-hydrogen) atoms. The van der Waals surface area contributed by atoms with Crippen LogP contribution in [0.25, 0.3) is 0 Å². The summed E-state index contributed by atoms with van der Waals surface area (Å²) in [7, 11) is 1.41. The van der Waals surface area contributed by atoms with Gasteiger partial charge >= 0.3 is 5.97 Å². The lowest BCUT2D eigenvalue weighted by molar-refractivity contribution is 0.0599. The van der Waals surface area contributed by atoms with E-state index in [0.29, 0.717) is 11.5 Å². The summed E-state index contributed by atoms with van der Waals surface area (Å²) in [5.74, 6) is 0.123. The van der Waals surface area contributed by atoms with Gasteiger partial charge in [0, 0.05) is 18.2 Å². The first kappa shape index (κ1) is 9.06. The Bertz CT molecular complexity index is 374. The maximum atomic E-state index is 11.5. The van der Waals surface area contributed by atoms with Crippen molar-refractivity contribution in [3.63, 3.8) is 0 Å². The van der Waals surface area contributed by atoms with E-state index in [1.807, 2.05) is 18.2 Å². The second-order valence-electron chi connectivity index (χ2n) is 3.54. The molecule has 1 aliphatic rings. The molecule has 1 heterocycles. The lowest BCUT2D eigenvalue weighted by Gasteiger charge is -2.08. The van der Waals surface area contributed by atoms with Crippen molar-refractivity contribution in [2.45, 2.75) is 12.8 Å². The second kappa shape index (κ2) is 3.33. The standard InChI is InChI=1S/C11H13NO2/c1-7-6-12-9-5-3-4-8(10(7)9)11(13)14-2/h3-5,7,12H,6H2,1-2H3/t7-/m0/s1. The lowest BCUT2D eigenvalue weighted by atomic mass is 9.97. The minimum Gasteiger partial charge on any atom is -0.465 e. The third-order valence-electron chi connectivity index (χ3n) is 2.60. The van der Waals surface area contributed by atoms with Crippen molar-refractivity contribution in [1.82, 2.24) is 0 Å². The summed E-state index contributed by atoms with van der Waals surface area (Å²) in [6, 6.07) is 5.68. The van der Waals surface area contributed by atoms with E-state index >= 15 is 0 Å². The highest BCUT2D eigenvalue weighted by Crippen LogP contribution is 2.33. The first-order valence-corrected chi connectivity index (χ1v) is 4.69. The summed E-state index contributed by atoms with van der Waals surface area (Å²) in [5.41, 5.74) is 2.82. The fourth-order valence-electron chi connectivity index (χ4n) is 1.90. The number of rotatable bonds is 1. The molecule has 0 fully saturated rings. The number of nitrogens with one attached hydrogen (secondary N) is 1. The topological polar surface area (TPSA) is 38.3 Å². The number of carbonyl (C=O) groups excluding carboxylic acids is 1. The molecule has 1 aromatic carbocycles. The van der Waals surface area contributed by atoms with Gasteiger partial charge < -0.3 is 10.1 Å². The van der Waals surface area contributed by atoms with Crippen LogP contribution in [0, 0.1) is 0 Å². The van der Waals surface area contributed by atoms with E-state index in [0.717, 1.165) is 17.8 Å². The molecule has 3 nitrogen and oxygen atoms in total. The van der Waals surface area contributed by atoms with E-state index in [1.165, 1.54) is 7.11 Å². The molecule has 0 unspecified atom stereocenters. The summed E-state index contributed by atoms with van der Waals surface area (Å²) < 4.78 is 4.74. The van der Waals surface area contributed by atoms with Crippen LogP contribution < -0.4 is 5.32 Å². The summed E-state index contributed by atoms with van der Waals surface area (Å²) in [6.45, 7) is 2.99. The fraction of sp³-hybridized carbons (Fsp3) is 0.364. The minimum atomic E-state index is -0.252. The zero-order chi connectivity index (χ0) is 10.1. The highest BCUT2D eigenvalue weighted by molar-refractivity contribution is 5.93. The maximum absolute atomic E-state index is 11.5. The highest BCUT2D eigenvalue weighted by Gasteiger charge is 2.24. The largest absolute Gasteiger partial charge is 0.465 e. The van der Waals surface area contributed by atoms with Crippen molar-refractivity contribution < 1.29 is 9.53 Å².